The molecule has 0 N–H and O–H groups in total. The van der Waals surface area contributed by atoms with Crippen molar-refractivity contribution in [1.29, 1.82) is 0 Å². The number of rotatable bonds is 3. The molecule has 0 heterocycles. The first-order valence-electron chi connectivity index (χ1n) is 4.95. The molecule has 0 spiro atoms. The molecule has 14 heavy (non-hydrogen) atoms. The average Bonchev–Trinajstić information content (AvgIpc) is 2.20. The molecule has 0 fully saturated rings. The molecule has 0 aliphatic carbocycles. The predicted molar refractivity (Wildman–Crippen MR) is 60.4 cm³/mol. The predicted octanol–water partition coefficient (Wildman–Crippen LogP) is 3.70. The third-order valence-corrected chi connectivity index (χ3v) is 2.37. The van der Waals surface area contributed by atoms with Crippen LogP contribution >= 0.6 is 0 Å². The van der Waals surface area contributed by atoms with E-state index in [1.165, 1.54) is 5.57 Å². The van der Waals surface area contributed by atoms with Crippen LogP contribution in [-0.2, 0) is 0 Å². The summed E-state index contributed by atoms with van der Waals surface area (Å²) in [4.78, 5) is 11.2. The minimum Gasteiger partial charge on any atom is -0.295 e. The third-order valence-electron chi connectivity index (χ3n) is 2.37. The molecule has 0 aliphatic heterocycles. The lowest BCUT2D eigenvalue weighted by atomic mass is 10.00. The second kappa shape index (κ2) is 4.75. The molecular formula is C13H16O. The van der Waals surface area contributed by atoms with Crippen LogP contribution in [0.25, 0.3) is 5.57 Å². The van der Waals surface area contributed by atoms with Gasteiger partial charge in [-0.05, 0) is 37.5 Å². The zero-order valence-corrected chi connectivity index (χ0v) is 9.00. The summed E-state index contributed by atoms with van der Waals surface area (Å²) in [5.41, 5.74) is 3.23. The Morgan fingerprint density at radius 3 is 2.50 bits per heavy atom. The summed E-state index contributed by atoms with van der Waals surface area (Å²) in [6, 6.07) is 7.80. The highest BCUT2D eigenvalue weighted by molar-refractivity contribution is 5.94. The van der Waals surface area contributed by atoms with E-state index in [-0.39, 0.29) is 5.78 Å². The molecule has 74 valence electrons. The van der Waals surface area contributed by atoms with Crippen LogP contribution < -0.4 is 0 Å². The summed E-state index contributed by atoms with van der Waals surface area (Å²) in [5.74, 6) is 0.124. The molecule has 0 saturated carbocycles. The van der Waals surface area contributed by atoms with Crippen molar-refractivity contribution in [2.75, 3.05) is 0 Å². The Hall–Kier alpha value is -1.37. The van der Waals surface area contributed by atoms with Gasteiger partial charge in [0.2, 0.25) is 0 Å². The van der Waals surface area contributed by atoms with E-state index < -0.39 is 0 Å². The Kier molecular flexibility index (Phi) is 3.63. The summed E-state index contributed by atoms with van der Waals surface area (Å²) in [6.07, 6.45) is 3.09. The van der Waals surface area contributed by atoms with Gasteiger partial charge in [-0.15, -0.1) is 0 Å². The van der Waals surface area contributed by atoms with Crippen molar-refractivity contribution in [3.05, 3.63) is 41.5 Å². The number of hydrogen-bond acceptors (Lipinski definition) is 1. The van der Waals surface area contributed by atoms with E-state index in [9.17, 15) is 4.79 Å². The van der Waals surface area contributed by atoms with Gasteiger partial charge in [0.25, 0.3) is 0 Å². The van der Waals surface area contributed by atoms with E-state index in [1.54, 1.807) is 6.92 Å². The molecular weight excluding hydrogens is 172 g/mol. The molecule has 0 radical (unpaired) electrons. The number of Topliss-reactive ketones (excluding diaryl/α,β-unsaturated/α-hetero) is 1. The molecule has 0 amide bonds. The summed E-state index contributed by atoms with van der Waals surface area (Å²) >= 11 is 0. The molecule has 1 aromatic rings. The van der Waals surface area contributed by atoms with E-state index in [1.807, 2.05) is 31.2 Å². The molecule has 0 aliphatic rings. The molecule has 0 saturated heterocycles. The monoisotopic (exact) mass is 188 g/mol. The maximum Gasteiger partial charge on any atom is 0.159 e. The van der Waals surface area contributed by atoms with Gasteiger partial charge in [-0.2, -0.15) is 0 Å². The van der Waals surface area contributed by atoms with Gasteiger partial charge in [0, 0.05) is 5.56 Å². The Balaban J connectivity index is 3.11. The second-order valence-corrected chi connectivity index (χ2v) is 3.30. The van der Waals surface area contributed by atoms with Crippen LogP contribution in [0.1, 0.15) is 43.1 Å². The van der Waals surface area contributed by atoms with Gasteiger partial charge in [0.05, 0.1) is 0 Å². The van der Waals surface area contributed by atoms with Gasteiger partial charge < -0.3 is 0 Å². The molecule has 0 aromatic heterocycles. The summed E-state index contributed by atoms with van der Waals surface area (Å²) in [7, 11) is 0. The minimum absolute atomic E-state index is 0.124. The fourth-order valence-corrected chi connectivity index (χ4v) is 1.51. The van der Waals surface area contributed by atoms with Crippen molar-refractivity contribution >= 4 is 11.4 Å². The Labute approximate surface area is 85.5 Å². The van der Waals surface area contributed by atoms with Crippen LogP contribution in [0.5, 0.6) is 0 Å². The molecule has 1 rings (SSSR count). The molecule has 0 atom stereocenters. The lowest BCUT2D eigenvalue weighted by Crippen LogP contribution is -1.93. The van der Waals surface area contributed by atoms with Crippen LogP contribution in [0.3, 0.4) is 0 Å². The second-order valence-electron chi connectivity index (χ2n) is 3.30. The van der Waals surface area contributed by atoms with Crippen molar-refractivity contribution in [1.82, 2.24) is 0 Å². The zero-order chi connectivity index (χ0) is 10.6. The third kappa shape index (κ3) is 2.32. The van der Waals surface area contributed by atoms with Gasteiger partial charge in [0.15, 0.2) is 5.78 Å². The minimum atomic E-state index is 0.124. The number of benzene rings is 1. The number of carbonyl (C=O) groups is 1. The number of carbonyl (C=O) groups excluding carboxylic acids is 1. The van der Waals surface area contributed by atoms with Crippen LogP contribution in [0.15, 0.2) is 30.3 Å². The first-order chi connectivity index (χ1) is 6.69. The van der Waals surface area contributed by atoms with Crippen LogP contribution in [0.4, 0.5) is 0 Å². The summed E-state index contributed by atoms with van der Waals surface area (Å²) < 4.78 is 0. The highest BCUT2D eigenvalue weighted by Crippen LogP contribution is 2.18. The fraction of sp³-hybridized carbons (Fsp3) is 0.308. The van der Waals surface area contributed by atoms with Crippen molar-refractivity contribution < 1.29 is 4.79 Å². The van der Waals surface area contributed by atoms with E-state index in [0.717, 1.165) is 17.5 Å². The SMILES string of the molecule is C/C=C(\CC)c1cccc(C(C)=O)c1. The smallest absolute Gasteiger partial charge is 0.159 e. The molecule has 0 unspecified atom stereocenters. The summed E-state index contributed by atoms with van der Waals surface area (Å²) in [6.45, 7) is 5.75. The van der Waals surface area contributed by atoms with E-state index in [2.05, 4.69) is 13.0 Å². The van der Waals surface area contributed by atoms with Crippen LogP contribution in [0, 0.1) is 0 Å². The maximum atomic E-state index is 11.2. The first-order valence-corrected chi connectivity index (χ1v) is 4.95. The van der Waals surface area contributed by atoms with Crippen molar-refractivity contribution in [2.45, 2.75) is 27.2 Å². The Morgan fingerprint density at radius 2 is 2.00 bits per heavy atom. The van der Waals surface area contributed by atoms with E-state index >= 15 is 0 Å². The lowest BCUT2D eigenvalue weighted by Gasteiger charge is -2.05. The molecule has 1 heteroatoms. The zero-order valence-electron chi connectivity index (χ0n) is 9.00. The quantitative estimate of drug-likeness (QED) is 0.661. The van der Waals surface area contributed by atoms with Gasteiger partial charge in [-0.25, -0.2) is 0 Å². The normalized spacial score (nSPS) is 11.5. The largest absolute Gasteiger partial charge is 0.295 e. The molecule has 1 nitrogen and oxygen atoms in total. The van der Waals surface area contributed by atoms with Gasteiger partial charge >= 0.3 is 0 Å². The van der Waals surface area contributed by atoms with Gasteiger partial charge in [-0.1, -0.05) is 31.2 Å². The fourth-order valence-electron chi connectivity index (χ4n) is 1.51. The van der Waals surface area contributed by atoms with E-state index in [0.29, 0.717) is 0 Å². The Morgan fingerprint density at radius 1 is 1.36 bits per heavy atom. The standard InChI is InChI=1S/C13H16O/c1-4-11(5-2)13-8-6-7-12(9-13)10(3)14/h4,6-9H,5H2,1-3H3/b11-4+. The Bertz CT molecular complexity index is 361. The lowest BCUT2D eigenvalue weighted by molar-refractivity contribution is 0.101. The number of ketones is 1. The topological polar surface area (TPSA) is 17.1 Å². The average molecular weight is 188 g/mol. The highest BCUT2D eigenvalue weighted by atomic mass is 16.1. The molecule has 1 aromatic carbocycles. The van der Waals surface area contributed by atoms with Crippen molar-refractivity contribution in [3.8, 4) is 0 Å². The van der Waals surface area contributed by atoms with Gasteiger partial charge in [-0.3, -0.25) is 4.79 Å². The van der Waals surface area contributed by atoms with Crippen molar-refractivity contribution in [3.63, 3.8) is 0 Å². The van der Waals surface area contributed by atoms with Gasteiger partial charge in [0.1, 0.15) is 0 Å². The van der Waals surface area contributed by atoms with Crippen molar-refractivity contribution in [2.24, 2.45) is 0 Å². The molecule has 0 bridgehead atoms. The summed E-state index contributed by atoms with van der Waals surface area (Å²) in [5, 5.41) is 0. The van der Waals surface area contributed by atoms with E-state index in [4.69, 9.17) is 0 Å². The first kappa shape index (κ1) is 10.7. The maximum absolute atomic E-state index is 11.2. The number of hydrogen-bond donors (Lipinski definition) is 0. The highest BCUT2D eigenvalue weighted by Gasteiger charge is 2.02. The van der Waals surface area contributed by atoms with Crippen LogP contribution in [0.2, 0.25) is 0 Å². The number of allylic oxidation sites excluding steroid dienone is 2. The van der Waals surface area contributed by atoms with Crippen LogP contribution in [-0.4, -0.2) is 5.78 Å².